The third kappa shape index (κ3) is 3.59. The van der Waals surface area contributed by atoms with Gasteiger partial charge in [-0.1, -0.05) is 60.5 Å². The number of likely N-dealkylation sites (N-methyl/N-ethyl adjacent to an activating group) is 1. The van der Waals surface area contributed by atoms with Crippen molar-refractivity contribution in [3.05, 3.63) is 99.0 Å². The molecule has 0 aromatic heterocycles. The summed E-state index contributed by atoms with van der Waals surface area (Å²) in [5.74, 6) is -1.16. The number of nitrogens with one attached hydrogen (secondary N) is 1. The van der Waals surface area contributed by atoms with E-state index in [-0.39, 0.29) is 18.0 Å². The Morgan fingerprint density at radius 2 is 1.74 bits per heavy atom. The maximum absolute atomic E-state index is 14.0. The van der Waals surface area contributed by atoms with Crippen LogP contribution in [0.15, 0.2) is 66.7 Å². The Bertz CT molecular complexity index is 1160. The number of carbonyl (C=O) groups is 2. The molecule has 4 rings (SSSR count). The number of carboxylic acids is 1. The van der Waals surface area contributed by atoms with Gasteiger partial charge in [-0.15, -0.1) is 0 Å². The van der Waals surface area contributed by atoms with Gasteiger partial charge >= 0.3 is 5.97 Å². The third-order valence-electron chi connectivity index (χ3n) is 5.48. The van der Waals surface area contributed by atoms with Crippen molar-refractivity contribution in [2.45, 2.75) is 19.0 Å². The van der Waals surface area contributed by atoms with Crippen molar-refractivity contribution in [1.29, 1.82) is 0 Å². The summed E-state index contributed by atoms with van der Waals surface area (Å²) < 4.78 is 0. The highest BCUT2D eigenvalue weighted by Gasteiger charge is 2.52. The van der Waals surface area contributed by atoms with Crippen molar-refractivity contribution < 1.29 is 14.7 Å². The van der Waals surface area contributed by atoms with Gasteiger partial charge in [-0.3, -0.25) is 10.1 Å². The van der Waals surface area contributed by atoms with Gasteiger partial charge in [0.15, 0.2) is 5.54 Å². The highest BCUT2D eigenvalue weighted by Crippen LogP contribution is 2.47. The molecule has 1 atom stereocenters. The quantitative estimate of drug-likeness (QED) is 0.543. The topological polar surface area (TPSA) is 69.6 Å². The molecule has 1 amide bonds. The lowest BCUT2D eigenvalue weighted by atomic mass is 9.83. The molecular formula is C24H20Cl2N2O3. The minimum absolute atomic E-state index is 0.165. The van der Waals surface area contributed by atoms with Crippen LogP contribution in [0, 0.1) is 0 Å². The van der Waals surface area contributed by atoms with E-state index in [9.17, 15) is 9.59 Å². The number of hydrogen-bond acceptors (Lipinski definition) is 3. The van der Waals surface area contributed by atoms with Crippen LogP contribution in [-0.2, 0) is 16.9 Å². The molecule has 0 radical (unpaired) electrons. The minimum atomic E-state index is -1.17. The Kier molecular flexibility index (Phi) is 5.75. The smallest absolute Gasteiger partial charge is 0.335 e. The summed E-state index contributed by atoms with van der Waals surface area (Å²) in [6.45, 7) is 2.75. The molecule has 0 saturated heterocycles. The average molecular weight is 455 g/mol. The standard InChI is InChI=1S/C24H20Cl2N2O3/c1-2-27-24(18-5-3-4-6-20(18)26)19-13-17(25)11-12-21(19)28(23(24)31)14-15-7-9-16(10-8-15)22(29)30/h3-13,27H,2,14H2,1H3,(H,29,30). The zero-order chi connectivity index (χ0) is 22.2. The Labute approximate surface area is 190 Å². The number of carboxylic acid groups (broad SMARTS) is 1. The van der Waals surface area contributed by atoms with Crippen LogP contribution in [-0.4, -0.2) is 23.5 Å². The lowest BCUT2D eigenvalue weighted by Crippen LogP contribution is -2.51. The molecular weight excluding hydrogens is 435 g/mol. The van der Waals surface area contributed by atoms with Crippen LogP contribution in [0.1, 0.15) is 34.0 Å². The molecule has 1 heterocycles. The normalized spacial score (nSPS) is 17.6. The largest absolute Gasteiger partial charge is 0.478 e. The van der Waals surface area contributed by atoms with Crippen LogP contribution in [0.5, 0.6) is 0 Å². The Morgan fingerprint density at radius 3 is 2.39 bits per heavy atom. The van der Waals surface area contributed by atoms with E-state index < -0.39 is 11.5 Å². The predicted octanol–water partition coefficient (Wildman–Crippen LogP) is 5.09. The van der Waals surface area contributed by atoms with Gasteiger partial charge in [-0.2, -0.15) is 0 Å². The lowest BCUT2D eigenvalue weighted by Gasteiger charge is -2.31. The molecule has 0 fully saturated rings. The fourth-order valence-corrected chi connectivity index (χ4v) is 4.57. The van der Waals surface area contributed by atoms with Gasteiger partial charge in [0.1, 0.15) is 0 Å². The van der Waals surface area contributed by atoms with Crippen molar-refractivity contribution in [3.8, 4) is 0 Å². The molecule has 5 nitrogen and oxygen atoms in total. The second-order valence-electron chi connectivity index (χ2n) is 7.32. The van der Waals surface area contributed by atoms with Gasteiger partial charge in [-0.05, 0) is 48.5 Å². The van der Waals surface area contributed by atoms with E-state index in [1.807, 2.05) is 31.2 Å². The molecule has 2 N–H and O–H groups in total. The molecule has 1 unspecified atom stereocenters. The molecule has 158 valence electrons. The number of amides is 1. The molecule has 3 aromatic carbocycles. The third-order valence-corrected chi connectivity index (χ3v) is 6.05. The Morgan fingerprint density at radius 1 is 1.03 bits per heavy atom. The second kappa shape index (κ2) is 8.35. The van der Waals surface area contributed by atoms with Crippen molar-refractivity contribution in [2.75, 3.05) is 11.4 Å². The summed E-state index contributed by atoms with van der Waals surface area (Å²) >= 11 is 12.9. The first-order valence-electron chi connectivity index (χ1n) is 9.82. The fourth-order valence-electron chi connectivity index (χ4n) is 4.12. The molecule has 0 bridgehead atoms. The Hall–Kier alpha value is -2.86. The number of rotatable bonds is 6. The monoisotopic (exact) mass is 454 g/mol. The minimum Gasteiger partial charge on any atom is -0.478 e. The average Bonchev–Trinajstić information content (AvgIpc) is 2.97. The number of hydrogen-bond donors (Lipinski definition) is 2. The summed E-state index contributed by atoms with van der Waals surface area (Å²) in [5, 5.41) is 13.5. The summed E-state index contributed by atoms with van der Waals surface area (Å²) in [6.07, 6.45) is 0. The predicted molar refractivity (Wildman–Crippen MR) is 122 cm³/mol. The Balaban J connectivity index is 1.85. The van der Waals surface area contributed by atoms with Crippen molar-refractivity contribution in [2.24, 2.45) is 0 Å². The highest BCUT2D eigenvalue weighted by atomic mass is 35.5. The van der Waals surface area contributed by atoms with Crippen LogP contribution in [0.2, 0.25) is 10.0 Å². The number of aromatic carboxylic acids is 1. The van der Waals surface area contributed by atoms with Gasteiger partial charge in [-0.25, -0.2) is 4.79 Å². The van der Waals surface area contributed by atoms with Crippen LogP contribution >= 0.6 is 23.2 Å². The van der Waals surface area contributed by atoms with E-state index in [2.05, 4.69) is 5.32 Å². The van der Waals surface area contributed by atoms with Crippen LogP contribution < -0.4 is 10.2 Å². The van der Waals surface area contributed by atoms with Crippen LogP contribution in [0.4, 0.5) is 5.69 Å². The van der Waals surface area contributed by atoms with Gasteiger partial charge in [0.05, 0.1) is 17.8 Å². The van der Waals surface area contributed by atoms with Gasteiger partial charge in [0.25, 0.3) is 5.91 Å². The summed E-state index contributed by atoms with van der Waals surface area (Å²) in [6, 6.07) is 19.2. The zero-order valence-corrected chi connectivity index (χ0v) is 18.2. The van der Waals surface area contributed by atoms with Crippen LogP contribution in [0.25, 0.3) is 0 Å². The molecule has 7 heteroatoms. The number of nitrogens with zero attached hydrogens (tertiary/aromatic N) is 1. The lowest BCUT2D eigenvalue weighted by molar-refractivity contribution is -0.123. The van der Waals surface area contributed by atoms with E-state index in [0.717, 1.165) is 16.8 Å². The summed E-state index contributed by atoms with van der Waals surface area (Å²) in [5.41, 5.74) is 1.97. The summed E-state index contributed by atoms with van der Waals surface area (Å²) in [7, 11) is 0. The number of carbonyl (C=O) groups excluding carboxylic acids is 1. The van der Waals surface area contributed by atoms with Crippen molar-refractivity contribution in [1.82, 2.24) is 5.32 Å². The van der Waals surface area contributed by atoms with E-state index in [1.165, 1.54) is 12.1 Å². The van der Waals surface area contributed by atoms with Gasteiger partial charge < -0.3 is 10.0 Å². The van der Waals surface area contributed by atoms with E-state index >= 15 is 0 Å². The molecule has 0 spiro atoms. The van der Waals surface area contributed by atoms with Crippen molar-refractivity contribution in [3.63, 3.8) is 0 Å². The fraction of sp³-hybridized carbons (Fsp3) is 0.167. The molecule has 1 aliphatic rings. The molecule has 3 aromatic rings. The molecule has 0 saturated carbocycles. The maximum atomic E-state index is 14.0. The maximum Gasteiger partial charge on any atom is 0.335 e. The SMILES string of the molecule is CCNC1(c2ccccc2Cl)C(=O)N(Cc2ccc(C(=O)O)cc2)c2ccc(Cl)cc21. The molecule has 31 heavy (non-hydrogen) atoms. The van der Waals surface area contributed by atoms with Crippen LogP contribution in [0.3, 0.4) is 0 Å². The van der Waals surface area contributed by atoms with E-state index in [0.29, 0.717) is 22.2 Å². The van der Waals surface area contributed by atoms with E-state index in [1.54, 1.807) is 35.2 Å². The number of benzene rings is 3. The summed E-state index contributed by atoms with van der Waals surface area (Å²) in [4.78, 5) is 26.8. The van der Waals surface area contributed by atoms with E-state index in [4.69, 9.17) is 28.3 Å². The van der Waals surface area contributed by atoms with Crippen molar-refractivity contribution >= 4 is 40.8 Å². The van der Waals surface area contributed by atoms with Gasteiger partial charge in [0, 0.05) is 21.2 Å². The highest BCUT2D eigenvalue weighted by molar-refractivity contribution is 6.32. The van der Waals surface area contributed by atoms with Gasteiger partial charge in [0.2, 0.25) is 0 Å². The number of halogens is 2. The first kappa shape index (κ1) is 21.4. The number of anilines is 1. The zero-order valence-electron chi connectivity index (χ0n) is 16.7. The second-order valence-corrected chi connectivity index (χ2v) is 8.16. The number of fused-ring (bicyclic) bond motifs is 1. The first-order valence-corrected chi connectivity index (χ1v) is 10.6. The first-order chi connectivity index (χ1) is 14.9. The molecule has 1 aliphatic heterocycles. The molecule has 0 aliphatic carbocycles.